The van der Waals surface area contributed by atoms with Gasteiger partial charge in [-0.25, -0.2) is 8.42 Å². The highest BCUT2D eigenvalue weighted by atomic mass is 32.2. The van der Waals surface area contributed by atoms with Crippen LogP contribution in [0.5, 0.6) is 0 Å². The Labute approximate surface area is 196 Å². The average Bonchev–Trinajstić information content (AvgIpc) is 2.77. The number of nitrogens with zero attached hydrogens (tertiary/aromatic N) is 2. The second-order valence-electron chi connectivity index (χ2n) is 9.03. The monoisotopic (exact) mass is 468 g/mol. The van der Waals surface area contributed by atoms with E-state index in [1.54, 1.807) is 29.4 Å². The second kappa shape index (κ2) is 9.96. The van der Waals surface area contributed by atoms with Crippen molar-refractivity contribution in [2.24, 2.45) is 0 Å². The number of aryl methyl sites for hydroxylation is 1. The fourth-order valence-corrected chi connectivity index (χ4v) is 6.63. The maximum absolute atomic E-state index is 13.5. The summed E-state index contributed by atoms with van der Waals surface area (Å²) in [5.74, 6) is 5.74. The minimum absolute atomic E-state index is 0.0106. The van der Waals surface area contributed by atoms with E-state index in [9.17, 15) is 18.6 Å². The molecule has 4 rings (SSSR count). The lowest BCUT2D eigenvalue weighted by Gasteiger charge is -2.57. The van der Waals surface area contributed by atoms with Crippen molar-refractivity contribution in [1.29, 1.82) is 0 Å². The minimum atomic E-state index is -3.60. The first-order valence-corrected chi connectivity index (χ1v) is 13.0. The van der Waals surface area contributed by atoms with Gasteiger partial charge in [0.05, 0.1) is 11.5 Å². The van der Waals surface area contributed by atoms with E-state index >= 15 is 0 Å². The molecule has 0 unspecified atom stereocenters. The third-order valence-corrected chi connectivity index (χ3v) is 8.54. The summed E-state index contributed by atoms with van der Waals surface area (Å²) in [5, 5.41) is 19.5. The van der Waals surface area contributed by atoms with Crippen LogP contribution in [0.2, 0.25) is 0 Å². The molecule has 2 heterocycles. The lowest BCUT2D eigenvalue weighted by Crippen LogP contribution is -2.67. The van der Waals surface area contributed by atoms with Crippen molar-refractivity contribution in [2.45, 2.75) is 55.7 Å². The molecule has 0 spiro atoms. The Morgan fingerprint density at radius 2 is 1.85 bits per heavy atom. The molecule has 4 atom stereocenters. The van der Waals surface area contributed by atoms with Crippen LogP contribution in [-0.2, 0) is 10.0 Å². The van der Waals surface area contributed by atoms with Gasteiger partial charge < -0.3 is 10.2 Å². The first kappa shape index (κ1) is 23.9. The average molecular weight is 469 g/mol. The number of fused-ring (bicyclic) bond motifs is 1. The van der Waals surface area contributed by atoms with Gasteiger partial charge in [-0.1, -0.05) is 36.1 Å². The first-order valence-electron chi connectivity index (χ1n) is 11.5. The van der Waals surface area contributed by atoms with Crippen molar-refractivity contribution in [3.63, 3.8) is 0 Å². The van der Waals surface area contributed by atoms with Crippen LogP contribution in [0.1, 0.15) is 42.4 Å². The zero-order valence-electron chi connectivity index (χ0n) is 19.2. The van der Waals surface area contributed by atoms with Crippen LogP contribution in [0.4, 0.5) is 0 Å². The van der Waals surface area contributed by atoms with Gasteiger partial charge in [0, 0.05) is 36.7 Å². The van der Waals surface area contributed by atoms with Crippen molar-refractivity contribution in [1.82, 2.24) is 9.21 Å². The zero-order valence-corrected chi connectivity index (χ0v) is 20.0. The van der Waals surface area contributed by atoms with Crippen molar-refractivity contribution in [3.8, 4) is 11.8 Å². The molecule has 0 amide bonds. The second-order valence-corrected chi connectivity index (χ2v) is 11.0. The lowest BCUT2D eigenvalue weighted by molar-refractivity contribution is -0.0553. The molecule has 2 fully saturated rings. The molecular weight excluding hydrogens is 436 g/mol. The molecular formula is C26H32N2O4S. The summed E-state index contributed by atoms with van der Waals surface area (Å²) in [7, 11) is -3.60. The van der Waals surface area contributed by atoms with E-state index in [2.05, 4.69) is 16.7 Å². The maximum Gasteiger partial charge on any atom is 0.243 e. The van der Waals surface area contributed by atoms with Gasteiger partial charge in [0.25, 0.3) is 0 Å². The van der Waals surface area contributed by atoms with Gasteiger partial charge in [0.2, 0.25) is 10.0 Å². The summed E-state index contributed by atoms with van der Waals surface area (Å²) in [5.41, 5.74) is 2.81. The summed E-state index contributed by atoms with van der Waals surface area (Å²) in [6, 6.07) is 14.9. The van der Waals surface area contributed by atoms with E-state index in [4.69, 9.17) is 0 Å². The Morgan fingerprint density at radius 3 is 2.52 bits per heavy atom. The Morgan fingerprint density at radius 1 is 1.12 bits per heavy atom. The van der Waals surface area contributed by atoms with Crippen molar-refractivity contribution < 1.29 is 18.6 Å². The standard InChI is InChI=1S/C26H32N2O4S/c1-19-6-5-7-23(16-19)33(31,32)27-14-3-4-15-28-24(17-27)26(25(28)18-29)22-12-10-21(11-13-22)9-8-20(2)30/h5-7,10-13,16,20,24-26,29-30H,3-4,14-15,17-18H2,1-2H3/t20-,24+,25-,26-/m1/s1. The van der Waals surface area contributed by atoms with E-state index in [-0.39, 0.29) is 24.6 Å². The first-order chi connectivity index (χ1) is 15.8. The number of sulfonamides is 1. The summed E-state index contributed by atoms with van der Waals surface area (Å²) in [4.78, 5) is 2.61. The zero-order chi connectivity index (χ0) is 23.6. The summed E-state index contributed by atoms with van der Waals surface area (Å²) in [6.07, 6.45) is 1.01. The van der Waals surface area contributed by atoms with Gasteiger partial charge >= 0.3 is 0 Å². The molecule has 6 nitrogen and oxygen atoms in total. The number of benzene rings is 2. The molecule has 2 aliphatic rings. The summed E-state index contributed by atoms with van der Waals surface area (Å²) < 4.78 is 28.6. The van der Waals surface area contributed by atoms with Crippen LogP contribution < -0.4 is 0 Å². The van der Waals surface area contributed by atoms with Gasteiger partial charge in [0.15, 0.2) is 0 Å². The molecule has 7 heteroatoms. The lowest BCUT2D eigenvalue weighted by atomic mass is 9.74. The largest absolute Gasteiger partial charge is 0.395 e. The Kier molecular flexibility index (Phi) is 7.22. The van der Waals surface area contributed by atoms with Crippen molar-refractivity contribution in [2.75, 3.05) is 26.2 Å². The molecule has 2 aromatic carbocycles. The molecule has 0 saturated carbocycles. The number of hydrogen-bond acceptors (Lipinski definition) is 5. The molecule has 2 N–H and O–H groups in total. The van der Waals surface area contributed by atoms with E-state index in [0.717, 1.165) is 36.1 Å². The third kappa shape index (κ3) is 5.01. The fourth-order valence-electron chi connectivity index (χ4n) is 5.03. The van der Waals surface area contributed by atoms with Gasteiger partial charge in [-0.05, 0) is 68.6 Å². The topological polar surface area (TPSA) is 81.1 Å². The predicted octanol–water partition coefficient (Wildman–Crippen LogP) is 2.34. The fraction of sp³-hybridized carbons (Fsp3) is 0.462. The molecule has 2 aromatic rings. The molecule has 2 saturated heterocycles. The highest BCUT2D eigenvalue weighted by molar-refractivity contribution is 7.89. The van der Waals surface area contributed by atoms with Crippen LogP contribution in [0, 0.1) is 18.8 Å². The van der Waals surface area contributed by atoms with E-state index < -0.39 is 16.1 Å². The number of rotatable bonds is 4. The SMILES string of the molecule is Cc1cccc(S(=O)(=O)N2CCCCN3[C@H](CO)[C@H](c4ccc(C#C[C@@H](C)O)cc4)[C@@H]3C2)c1. The third-order valence-electron chi connectivity index (χ3n) is 6.68. The minimum Gasteiger partial charge on any atom is -0.395 e. The van der Waals surface area contributed by atoms with Crippen LogP contribution in [0.3, 0.4) is 0 Å². The van der Waals surface area contributed by atoms with Gasteiger partial charge in [-0.2, -0.15) is 4.31 Å². The van der Waals surface area contributed by atoms with Crippen LogP contribution in [-0.4, -0.2) is 72.3 Å². The van der Waals surface area contributed by atoms with Gasteiger partial charge in [-0.3, -0.25) is 4.90 Å². The molecule has 0 aromatic heterocycles. The summed E-state index contributed by atoms with van der Waals surface area (Å²) in [6.45, 7) is 5.34. The van der Waals surface area contributed by atoms with E-state index in [0.29, 0.717) is 18.0 Å². The maximum atomic E-state index is 13.5. The molecule has 0 aliphatic carbocycles. The molecule has 0 bridgehead atoms. The Bertz CT molecular complexity index is 1130. The molecule has 0 radical (unpaired) electrons. The van der Waals surface area contributed by atoms with Gasteiger partial charge in [0.1, 0.15) is 6.10 Å². The van der Waals surface area contributed by atoms with Crippen molar-refractivity contribution in [3.05, 3.63) is 65.2 Å². The quantitative estimate of drug-likeness (QED) is 0.674. The van der Waals surface area contributed by atoms with E-state index in [1.165, 1.54) is 0 Å². The molecule has 33 heavy (non-hydrogen) atoms. The van der Waals surface area contributed by atoms with Crippen LogP contribution >= 0.6 is 0 Å². The van der Waals surface area contributed by atoms with Crippen LogP contribution in [0.25, 0.3) is 0 Å². The predicted molar refractivity (Wildman–Crippen MR) is 128 cm³/mol. The van der Waals surface area contributed by atoms with E-state index in [1.807, 2.05) is 37.3 Å². The van der Waals surface area contributed by atoms with Gasteiger partial charge in [-0.15, -0.1) is 0 Å². The van der Waals surface area contributed by atoms with Crippen LogP contribution in [0.15, 0.2) is 53.4 Å². The summed E-state index contributed by atoms with van der Waals surface area (Å²) >= 11 is 0. The number of aliphatic hydroxyl groups excluding tert-OH is 2. The Balaban J connectivity index is 1.61. The highest BCUT2D eigenvalue weighted by Crippen LogP contribution is 2.42. The smallest absolute Gasteiger partial charge is 0.243 e. The molecule has 2 aliphatic heterocycles. The normalized spacial score (nSPS) is 25.0. The molecule has 176 valence electrons. The number of aliphatic hydroxyl groups is 2. The number of hydrogen-bond donors (Lipinski definition) is 2. The highest BCUT2D eigenvalue weighted by Gasteiger charge is 2.50. The van der Waals surface area contributed by atoms with Crippen molar-refractivity contribution >= 4 is 10.0 Å². The Hall–Kier alpha value is -2.21.